The molecule has 2 heterocycles. The molecule has 0 aromatic carbocycles. The second kappa shape index (κ2) is 6.26. The molecule has 0 bridgehead atoms. The zero-order chi connectivity index (χ0) is 13.7. The van der Waals surface area contributed by atoms with Crippen LogP contribution in [-0.4, -0.2) is 41.7 Å². The van der Waals surface area contributed by atoms with Crippen molar-refractivity contribution in [2.45, 2.75) is 25.8 Å². The average molecular weight is 264 g/mol. The number of hydrogen-bond donors (Lipinski definition) is 2. The summed E-state index contributed by atoms with van der Waals surface area (Å²) in [5.41, 5.74) is 6.50. The minimum atomic E-state index is -0.213. The number of nitrogens with one attached hydrogen (secondary N) is 1. The molecule has 0 atom stereocenters. The summed E-state index contributed by atoms with van der Waals surface area (Å²) in [7, 11) is 0. The topological polar surface area (TPSA) is 80.5 Å². The van der Waals surface area contributed by atoms with Crippen molar-refractivity contribution in [1.82, 2.24) is 9.88 Å². The van der Waals surface area contributed by atoms with Gasteiger partial charge in [-0.1, -0.05) is 0 Å². The highest BCUT2D eigenvalue weighted by atomic mass is 16.6. The molecule has 1 amide bonds. The van der Waals surface area contributed by atoms with Crippen LogP contribution >= 0.6 is 0 Å². The number of ether oxygens (including phenoxy) is 1. The second-order valence-electron chi connectivity index (χ2n) is 4.58. The van der Waals surface area contributed by atoms with Gasteiger partial charge in [0, 0.05) is 19.1 Å². The van der Waals surface area contributed by atoms with E-state index in [0.29, 0.717) is 18.5 Å². The van der Waals surface area contributed by atoms with E-state index in [1.165, 1.54) is 0 Å². The van der Waals surface area contributed by atoms with E-state index < -0.39 is 0 Å². The lowest BCUT2D eigenvalue weighted by Gasteiger charge is -2.32. The molecule has 1 fully saturated rings. The van der Waals surface area contributed by atoms with Gasteiger partial charge in [-0.3, -0.25) is 0 Å². The number of pyridine rings is 1. The van der Waals surface area contributed by atoms with Crippen molar-refractivity contribution in [2.24, 2.45) is 0 Å². The van der Waals surface area contributed by atoms with Gasteiger partial charge in [0.15, 0.2) is 0 Å². The number of nitrogens with two attached hydrogens (primary N) is 1. The van der Waals surface area contributed by atoms with Crippen LogP contribution in [0, 0.1) is 0 Å². The number of rotatable bonds is 3. The van der Waals surface area contributed by atoms with Crippen LogP contribution in [0.25, 0.3) is 0 Å². The van der Waals surface area contributed by atoms with Gasteiger partial charge >= 0.3 is 6.09 Å². The van der Waals surface area contributed by atoms with Gasteiger partial charge in [-0.25, -0.2) is 9.78 Å². The number of nitrogens with zero attached hydrogens (tertiary/aromatic N) is 2. The fourth-order valence-corrected chi connectivity index (χ4v) is 2.15. The molecular formula is C13H20N4O2. The van der Waals surface area contributed by atoms with Crippen LogP contribution in [0.5, 0.6) is 0 Å². The van der Waals surface area contributed by atoms with Gasteiger partial charge in [-0.05, 0) is 31.9 Å². The highest BCUT2D eigenvalue weighted by Crippen LogP contribution is 2.17. The monoisotopic (exact) mass is 264 g/mol. The third-order valence-corrected chi connectivity index (χ3v) is 3.18. The van der Waals surface area contributed by atoms with Crippen molar-refractivity contribution in [1.29, 1.82) is 0 Å². The van der Waals surface area contributed by atoms with Gasteiger partial charge in [0.25, 0.3) is 0 Å². The summed E-state index contributed by atoms with van der Waals surface area (Å²) in [6.45, 7) is 3.69. The molecule has 0 saturated carbocycles. The van der Waals surface area contributed by atoms with Crippen molar-refractivity contribution < 1.29 is 9.53 Å². The lowest BCUT2D eigenvalue weighted by molar-refractivity contribution is 0.0983. The molecule has 0 aliphatic carbocycles. The van der Waals surface area contributed by atoms with E-state index in [4.69, 9.17) is 10.5 Å². The van der Waals surface area contributed by atoms with Crippen molar-refractivity contribution in [3.8, 4) is 0 Å². The Bertz CT molecular complexity index is 413. The van der Waals surface area contributed by atoms with Crippen molar-refractivity contribution in [2.75, 3.05) is 30.7 Å². The van der Waals surface area contributed by atoms with Crippen molar-refractivity contribution >= 4 is 17.6 Å². The Hall–Kier alpha value is -1.98. The normalized spacial score (nSPS) is 16.2. The van der Waals surface area contributed by atoms with Gasteiger partial charge in [0.2, 0.25) is 0 Å². The minimum Gasteiger partial charge on any atom is -0.450 e. The fourth-order valence-electron chi connectivity index (χ4n) is 2.15. The van der Waals surface area contributed by atoms with E-state index in [-0.39, 0.29) is 6.09 Å². The van der Waals surface area contributed by atoms with E-state index in [2.05, 4.69) is 10.3 Å². The predicted octanol–water partition coefficient (Wildman–Crippen LogP) is 1.70. The van der Waals surface area contributed by atoms with Crippen LogP contribution < -0.4 is 11.1 Å². The maximum atomic E-state index is 11.6. The van der Waals surface area contributed by atoms with Crippen LogP contribution in [0.2, 0.25) is 0 Å². The van der Waals surface area contributed by atoms with Crippen molar-refractivity contribution in [3.05, 3.63) is 18.3 Å². The Morgan fingerprint density at radius 3 is 2.84 bits per heavy atom. The van der Waals surface area contributed by atoms with E-state index in [1.807, 2.05) is 13.0 Å². The Labute approximate surface area is 112 Å². The number of amides is 1. The largest absolute Gasteiger partial charge is 0.450 e. The third-order valence-electron chi connectivity index (χ3n) is 3.18. The number of carbonyl (C=O) groups is 1. The molecule has 1 saturated heterocycles. The highest BCUT2D eigenvalue weighted by molar-refractivity contribution is 5.67. The smallest absolute Gasteiger partial charge is 0.409 e. The minimum absolute atomic E-state index is 0.213. The maximum absolute atomic E-state index is 11.6. The van der Waals surface area contributed by atoms with Crippen LogP contribution in [-0.2, 0) is 4.74 Å². The fraction of sp³-hybridized carbons (Fsp3) is 0.538. The first-order valence-corrected chi connectivity index (χ1v) is 6.59. The molecule has 1 aliphatic heterocycles. The van der Waals surface area contributed by atoms with Gasteiger partial charge < -0.3 is 20.7 Å². The third kappa shape index (κ3) is 3.74. The van der Waals surface area contributed by atoms with E-state index in [0.717, 1.165) is 31.6 Å². The number of anilines is 2. The Balaban J connectivity index is 1.80. The molecule has 1 aromatic heterocycles. The van der Waals surface area contributed by atoms with E-state index in [1.54, 1.807) is 17.2 Å². The molecule has 1 aromatic rings. The molecule has 6 heteroatoms. The molecule has 0 radical (unpaired) electrons. The summed E-state index contributed by atoms with van der Waals surface area (Å²) in [5, 5.41) is 3.40. The predicted molar refractivity (Wildman–Crippen MR) is 73.9 cm³/mol. The van der Waals surface area contributed by atoms with E-state index >= 15 is 0 Å². The first-order chi connectivity index (χ1) is 9.19. The molecule has 2 rings (SSSR count). The standard InChI is InChI=1S/C13H20N4O2/c1-2-19-13(18)17-7-5-10(6-8-17)16-11-3-4-12(14)15-9-11/h3-4,9-10,16H,2,5-8H2,1H3,(H2,14,15). The average Bonchev–Trinajstić information content (AvgIpc) is 2.42. The molecule has 0 spiro atoms. The van der Waals surface area contributed by atoms with Gasteiger partial charge in [0.05, 0.1) is 18.5 Å². The summed E-state index contributed by atoms with van der Waals surface area (Å²) in [6, 6.07) is 4.05. The summed E-state index contributed by atoms with van der Waals surface area (Å²) >= 11 is 0. The van der Waals surface area contributed by atoms with Crippen LogP contribution in [0.3, 0.4) is 0 Å². The summed E-state index contributed by atoms with van der Waals surface area (Å²) in [6.07, 6.45) is 3.33. The molecule has 3 N–H and O–H groups in total. The molecule has 19 heavy (non-hydrogen) atoms. The Morgan fingerprint density at radius 2 is 2.26 bits per heavy atom. The Kier molecular flexibility index (Phi) is 4.43. The van der Waals surface area contributed by atoms with Crippen LogP contribution in [0.1, 0.15) is 19.8 Å². The first kappa shape index (κ1) is 13.5. The first-order valence-electron chi connectivity index (χ1n) is 6.59. The summed E-state index contributed by atoms with van der Waals surface area (Å²) < 4.78 is 4.99. The SMILES string of the molecule is CCOC(=O)N1CCC(Nc2ccc(N)nc2)CC1. The lowest BCUT2D eigenvalue weighted by Crippen LogP contribution is -2.42. The highest BCUT2D eigenvalue weighted by Gasteiger charge is 2.23. The van der Waals surface area contributed by atoms with E-state index in [9.17, 15) is 4.79 Å². The van der Waals surface area contributed by atoms with Crippen LogP contribution in [0.15, 0.2) is 18.3 Å². The second-order valence-corrected chi connectivity index (χ2v) is 4.58. The number of hydrogen-bond acceptors (Lipinski definition) is 5. The summed E-state index contributed by atoms with van der Waals surface area (Å²) in [5.74, 6) is 0.516. The zero-order valence-corrected chi connectivity index (χ0v) is 11.1. The maximum Gasteiger partial charge on any atom is 0.409 e. The number of carbonyl (C=O) groups excluding carboxylic acids is 1. The zero-order valence-electron chi connectivity index (χ0n) is 11.1. The van der Waals surface area contributed by atoms with Gasteiger partial charge in [-0.15, -0.1) is 0 Å². The number of nitrogen functional groups attached to an aromatic ring is 1. The molecule has 6 nitrogen and oxygen atoms in total. The number of aromatic nitrogens is 1. The molecular weight excluding hydrogens is 244 g/mol. The number of piperidine rings is 1. The summed E-state index contributed by atoms with van der Waals surface area (Å²) in [4.78, 5) is 17.4. The molecule has 1 aliphatic rings. The quantitative estimate of drug-likeness (QED) is 0.868. The van der Waals surface area contributed by atoms with Gasteiger partial charge in [-0.2, -0.15) is 0 Å². The van der Waals surface area contributed by atoms with Crippen molar-refractivity contribution in [3.63, 3.8) is 0 Å². The lowest BCUT2D eigenvalue weighted by atomic mass is 10.1. The Morgan fingerprint density at radius 1 is 1.53 bits per heavy atom. The number of likely N-dealkylation sites (tertiary alicyclic amines) is 1. The van der Waals surface area contributed by atoms with Crippen LogP contribution in [0.4, 0.5) is 16.3 Å². The molecule has 0 unspecified atom stereocenters. The van der Waals surface area contributed by atoms with Gasteiger partial charge in [0.1, 0.15) is 5.82 Å². The molecule has 104 valence electrons.